The Bertz CT molecular complexity index is 587. The number of hydrogen-bond donors (Lipinski definition) is 0. The molecule has 118 valence electrons. The Hall–Kier alpha value is -1.43. The van der Waals surface area contributed by atoms with Crippen LogP contribution in [0.3, 0.4) is 0 Å². The fourth-order valence-corrected chi connectivity index (χ4v) is 3.73. The van der Waals surface area contributed by atoms with Crippen LogP contribution in [-0.2, 0) is 4.74 Å². The van der Waals surface area contributed by atoms with E-state index in [4.69, 9.17) is 9.72 Å². The molecule has 4 nitrogen and oxygen atoms in total. The zero-order chi connectivity index (χ0) is 15.4. The van der Waals surface area contributed by atoms with Gasteiger partial charge in [0.1, 0.15) is 0 Å². The van der Waals surface area contributed by atoms with E-state index in [0.717, 1.165) is 43.6 Å². The SMILES string of the molecule is COCCN1CCN(c2nc(-c3ccccc3)cs2)CC1C. The van der Waals surface area contributed by atoms with Crippen molar-refractivity contribution in [3.63, 3.8) is 0 Å². The summed E-state index contributed by atoms with van der Waals surface area (Å²) in [6, 6.07) is 10.9. The van der Waals surface area contributed by atoms with Gasteiger partial charge in [-0.1, -0.05) is 30.3 Å². The van der Waals surface area contributed by atoms with Crippen LogP contribution in [0.15, 0.2) is 35.7 Å². The topological polar surface area (TPSA) is 28.6 Å². The molecular weight excluding hydrogens is 294 g/mol. The van der Waals surface area contributed by atoms with E-state index in [0.29, 0.717) is 6.04 Å². The number of rotatable bonds is 5. The molecule has 1 aliphatic rings. The van der Waals surface area contributed by atoms with Crippen LogP contribution < -0.4 is 4.90 Å². The summed E-state index contributed by atoms with van der Waals surface area (Å²) in [5.41, 5.74) is 2.27. The number of benzene rings is 1. The number of ether oxygens (including phenoxy) is 1. The lowest BCUT2D eigenvalue weighted by Crippen LogP contribution is -2.52. The van der Waals surface area contributed by atoms with Gasteiger partial charge in [-0.15, -0.1) is 11.3 Å². The highest BCUT2D eigenvalue weighted by Crippen LogP contribution is 2.28. The van der Waals surface area contributed by atoms with Crippen molar-refractivity contribution in [1.29, 1.82) is 0 Å². The number of anilines is 1. The van der Waals surface area contributed by atoms with Crippen LogP contribution >= 0.6 is 11.3 Å². The second kappa shape index (κ2) is 7.22. The molecule has 0 aliphatic carbocycles. The Labute approximate surface area is 136 Å². The van der Waals surface area contributed by atoms with Crippen molar-refractivity contribution in [2.24, 2.45) is 0 Å². The highest BCUT2D eigenvalue weighted by molar-refractivity contribution is 7.14. The first-order chi connectivity index (χ1) is 10.8. The fraction of sp³-hybridized carbons (Fsp3) is 0.471. The van der Waals surface area contributed by atoms with Gasteiger partial charge in [0.25, 0.3) is 0 Å². The van der Waals surface area contributed by atoms with Crippen molar-refractivity contribution in [1.82, 2.24) is 9.88 Å². The van der Waals surface area contributed by atoms with E-state index in [1.165, 1.54) is 5.56 Å². The molecule has 0 saturated carbocycles. The molecule has 1 aromatic heterocycles. The molecule has 0 radical (unpaired) electrons. The molecular formula is C17H23N3OS. The maximum absolute atomic E-state index is 5.19. The van der Waals surface area contributed by atoms with Crippen molar-refractivity contribution in [2.45, 2.75) is 13.0 Å². The molecule has 22 heavy (non-hydrogen) atoms. The minimum atomic E-state index is 0.535. The van der Waals surface area contributed by atoms with E-state index in [1.54, 1.807) is 18.4 Å². The Morgan fingerprint density at radius 3 is 2.82 bits per heavy atom. The maximum atomic E-state index is 5.19. The van der Waals surface area contributed by atoms with Crippen molar-refractivity contribution < 1.29 is 4.74 Å². The number of aromatic nitrogens is 1. The van der Waals surface area contributed by atoms with E-state index in [1.807, 2.05) is 6.07 Å². The molecule has 0 bridgehead atoms. The van der Waals surface area contributed by atoms with Gasteiger partial charge in [0, 0.05) is 50.3 Å². The van der Waals surface area contributed by atoms with Crippen LogP contribution in [0, 0.1) is 0 Å². The average Bonchev–Trinajstić information content (AvgIpc) is 3.04. The first kappa shape index (κ1) is 15.5. The molecule has 1 aliphatic heterocycles. The van der Waals surface area contributed by atoms with Gasteiger partial charge in [-0.25, -0.2) is 4.98 Å². The number of hydrogen-bond acceptors (Lipinski definition) is 5. The second-order valence-electron chi connectivity index (χ2n) is 5.71. The second-order valence-corrected chi connectivity index (χ2v) is 6.54. The van der Waals surface area contributed by atoms with E-state index in [-0.39, 0.29) is 0 Å². The third-order valence-corrected chi connectivity index (χ3v) is 5.08. The summed E-state index contributed by atoms with van der Waals surface area (Å²) in [6.45, 7) is 7.25. The lowest BCUT2D eigenvalue weighted by Gasteiger charge is -2.39. The van der Waals surface area contributed by atoms with Crippen molar-refractivity contribution in [3.05, 3.63) is 35.7 Å². The minimum absolute atomic E-state index is 0.535. The Kier molecular flexibility index (Phi) is 5.08. The quantitative estimate of drug-likeness (QED) is 0.848. The zero-order valence-corrected chi connectivity index (χ0v) is 14.1. The fourth-order valence-electron chi connectivity index (χ4n) is 2.86. The molecule has 0 amide bonds. The summed E-state index contributed by atoms with van der Waals surface area (Å²) in [5.74, 6) is 0. The first-order valence-electron chi connectivity index (χ1n) is 7.77. The van der Waals surface area contributed by atoms with Gasteiger partial charge in [-0.05, 0) is 6.92 Å². The summed E-state index contributed by atoms with van der Waals surface area (Å²) < 4.78 is 5.19. The zero-order valence-electron chi connectivity index (χ0n) is 13.2. The molecule has 0 spiro atoms. The third kappa shape index (κ3) is 3.48. The molecule has 1 fully saturated rings. The van der Waals surface area contributed by atoms with Crippen LogP contribution in [-0.4, -0.2) is 55.8 Å². The normalized spacial score (nSPS) is 19.5. The van der Waals surface area contributed by atoms with Gasteiger partial charge in [-0.3, -0.25) is 4.90 Å². The van der Waals surface area contributed by atoms with E-state index in [2.05, 4.69) is 46.4 Å². The Morgan fingerprint density at radius 1 is 1.27 bits per heavy atom. The predicted octanol–water partition coefficient (Wildman–Crippen LogP) is 2.97. The molecule has 3 rings (SSSR count). The van der Waals surface area contributed by atoms with E-state index >= 15 is 0 Å². The van der Waals surface area contributed by atoms with Gasteiger partial charge in [0.2, 0.25) is 0 Å². The minimum Gasteiger partial charge on any atom is -0.383 e. The number of piperazine rings is 1. The monoisotopic (exact) mass is 317 g/mol. The van der Waals surface area contributed by atoms with Crippen molar-refractivity contribution in [3.8, 4) is 11.3 Å². The van der Waals surface area contributed by atoms with Gasteiger partial charge >= 0.3 is 0 Å². The van der Waals surface area contributed by atoms with Crippen molar-refractivity contribution in [2.75, 3.05) is 44.8 Å². The summed E-state index contributed by atoms with van der Waals surface area (Å²) in [7, 11) is 1.77. The van der Waals surface area contributed by atoms with Crippen LogP contribution in [0.2, 0.25) is 0 Å². The molecule has 2 heterocycles. The molecule has 5 heteroatoms. The first-order valence-corrected chi connectivity index (χ1v) is 8.65. The summed E-state index contributed by atoms with van der Waals surface area (Å²) in [6.07, 6.45) is 0. The van der Waals surface area contributed by atoms with E-state index < -0.39 is 0 Å². The molecule has 1 atom stereocenters. The average molecular weight is 317 g/mol. The molecule has 2 aromatic rings. The van der Waals surface area contributed by atoms with Gasteiger partial charge in [0.15, 0.2) is 5.13 Å². The Balaban J connectivity index is 1.65. The molecule has 1 saturated heterocycles. The van der Waals surface area contributed by atoms with Crippen molar-refractivity contribution >= 4 is 16.5 Å². The smallest absolute Gasteiger partial charge is 0.185 e. The van der Waals surface area contributed by atoms with Gasteiger partial charge < -0.3 is 9.64 Å². The number of nitrogens with zero attached hydrogens (tertiary/aromatic N) is 3. The lowest BCUT2D eigenvalue weighted by molar-refractivity contribution is 0.117. The van der Waals surface area contributed by atoms with Crippen LogP contribution in [0.5, 0.6) is 0 Å². The standard InChI is InChI=1S/C17H23N3OS/c1-14-12-20(9-8-19(14)10-11-21-2)17-18-16(13-22-17)15-6-4-3-5-7-15/h3-7,13-14H,8-12H2,1-2H3. The lowest BCUT2D eigenvalue weighted by atomic mass is 10.2. The Morgan fingerprint density at radius 2 is 2.09 bits per heavy atom. The number of methoxy groups -OCH3 is 1. The largest absolute Gasteiger partial charge is 0.383 e. The summed E-state index contributed by atoms with van der Waals surface area (Å²) in [5, 5.41) is 3.30. The predicted molar refractivity (Wildman–Crippen MR) is 92.7 cm³/mol. The van der Waals surface area contributed by atoms with E-state index in [9.17, 15) is 0 Å². The third-order valence-electron chi connectivity index (χ3n) is 4.18. The highest BCUT2D eigenvalue weighted by atomic mass is 32.1. The van der Waals surface area contributed by atoms with Crippen LogP contribution in [0.4, 0.5) is 5.13 Å². The summed E-state index contributed by atoms with van der Waals surface area (Å²) >= 11 is 1.74. The molecule has 1 aromatic carbocycles. The highest BCUT2D eigenvalue weighted by Gasteiger charge is 2.25. The van der Waals surface area contributed by atoms with Gasteiger partial charge in [0.05, 0.1) is 12.3 Å². The van der Waals surface area contributed by atoms with Crippen LogP contribution in [0.1, 0.15) is 6.92 Å². The molecule has 1 unspecified atom stereocenters. The molecule has 0 N–H and O–H groups in total. The summed E-state index contributed by atoms with van der Waals surface area (Å²) in [4.78, 5) is 9.73. The van der Waals surface area contributed by atoms with Gasteiger partial charge in [-0.2, -0.15) is 0 Å². The van der Waals surface area contributed by atoms with Crippen LogP contribution in [0.25, 0.3) is 11.3 Å². The maximum Gasteiger partial charge on any atom is 0.185 e. The number of thiazole rings is 1.